The van der Waals surface area contributed by atoms with Gasteiger partial charge in [0.25, 0.3) is 0 Å². The number of hydrogen-bond donors (Lipinski definition) is 9. The van der Waals surface area contributed by atoms with Crippen LogP contribution in [-0.2, 0) is 192 Å². The van der Waals surface area contributed by atoms with Crippen LogP contribution in [0.3, 0.4) is 0 Å². The van der Waals surface area contributed by atoms with Crippen LogP contribution in [0.4, 0.5) is 0 Å². The monoisotopic (exact) mass is 1530 g/mol. The molecule has 5 saturated heterocycles. The Morgan fingerprint density at radius 2 is 0.511 bits per heavy atom. The summed E-state index contributed by atoms with van der Waals surface area (Å²) in [6.45, 7) is -4.33. The molecule has 5 aliphatic heterocycles. The third-order valence-electron chi connectivity index (χ3n) is 13.6. The highest BCUT2D eigenvalue weighted by Gasteiger charge is 2.62. The van der Waals surface area contributed by atoms with Crippen molar-refractivity contribution in [3.8, 4) is 0 Å². The molecular weight excluding hydrogens is 1460 g/mol. The molecule has 0 spiro atoms. The van der Waals surface area contributed by atoms with Crippen LogP contribution >= 0.6 is 0 Å². The summed E-state index contributed by atoms with van der Waals surface area (Å²) in [7, 11) is -33.4. The maximum Gasteiger partial charge on any atom is 0.397 e. The van der Waals surface area contributed by atoms with Crippen LogP contribution in [0, 0.1) is 0 Å². The van der Waals surface area contributed by atoms with Crippen molar-refractivity contribution in [1.29, 1.82) is 0 Å². The molecular formula is C38H64O49S7. The van der Waals surface area contributed by atoms with Crippen molar-refractivity contribution in [2.24, 2.45) is 0 Å². The highest BCUT2D eigenvalue weighted by atomic mass is 32.3. The standard InChI is InChI=1S/C38H64O49S7/c1-64-15-12(9-72-88(43,44)45)76-35(27(68-5)18(15)65-2)80-21-19(66-3)28(69-6)37(82-25(21)32(39)40)79-17-14(11-74-90(49,50)51)77-38(31(87-94(61,62)63)24(17)85-92(55,56)57)81-22-20(67-4)29(70-7)36(83-26(22)33(41)42)78-16-13(10-73-89(46,47)48)75-34(71-8)30(86-93(58,59)60)23(16)84-91(52,53)54/h12-31,34-38H,9-11H2,1-8H3,(H,39,40)(H,41,42)(H,43,44,45)(H,46,47,48)(H,49,50,51)(H,52,53,54)(H,55,56,57)(H,58,59,60)(H,61,62,63)/t12-,13-,14-,15-,16-,17-,18+,19+,20+,21+,22+,23+,24+,25+,26-,27-,28-,29-,30-,31-,34+,35-,36-,37+,38-/m1/s1. The molecule has 94 heavy (non-hydrogen) atoms. The lowest BCUT2D eigenvalue weighted by Crippen LogP contribution is -2.70. The molecule has 0 bridgehead atoms. The van der Waals surface area contributed by atoms with E-state index in [4.69, 9.17) is 88.9 Å². The summed E-state index contributed by atoms with van der Waals surface area (Å²) in [5.74, 6) is -4.28. The Morgan fingerprint density at radius 3 is 0.777 bits per heavy atom. The Bertz CT molecular complexity index is 3340. The van der Waals surface area contributed by atoms with E-state index < -0.39 is 258 Å². The predicted molar refractivity (Wildman–Crippen MR) is 279 cm³/mol. The average molecular weight is 1530 g/mol. The summed E-state index contributed by atoms with van der Waals surface area (Å²) in [6.07, 6.45) is -58.8. The van der Waals surface area contributed by atoms with E-state index in [-0.39, 0.29) is 0 Å². The second-order valence-corrected chi connectivity index (χ2v) is 26.8. The molecule has 0 radical (unpaired) electrons. The second-order valence-electron chi connectivity index (χ2n) is 19.3. The zero-order valence-corrected chi connectivity index (χ0v) is 54.5. The normalized spacial score (nSPS) is 37.6. The summed E-state index contributed by atoms with van der Waals surface area (Å²) in [4.78, 5) is 26.6. The molecule has 0 aromatic carbocycles. The van der Waals surface area contributed by atoms with Gasteiger partial charge in [-0.05, 0) is 0 Å². The molecule has 0 aliphatic carbocycles. The van der Waals surface area contributed by atoms with Gasteiger partial charge >= 0.3 is 84.7 Å². The Morgan fingerprint density at radius 1 is 0.277 bits per heavy atom. The Hall–Kier alpha value is -2.65. The molecule has 25 atom stereocenters. The second kappa shape index (κ2) is 33.2. The van der Waals surface area contributed by atoms with E-state index in [1.54, 1.807) is 0 Å². The first-order valence-electron chi connectivity index (χ1n) is 25.3. The van der Waals surface area contributed by atoms with E-state index in [0.29, 0.717) is 14.2 Å². The minimum Gasteiger partial charge on any atom is -0.479 e. The molecule has 5 rings (SSSR count). The van der Waals surface area contributed by atoms with E-state index >= 15 is 0 Å². The van der Waals surface area contributed by atoms with Crippen LogP contribution in [0.5, 0.6) is 0 Å². The predicted octanol–water partition coefficient (Wildman–Crippen LogP) is -7.72. The molecule has 9 N–H and O–H groups in total. The Labute approximate surface area is 533 Å². The first-order chi connectivity index (χ1) is 43.2. The summed E-state index contributed by atoms with van der Waals surface area (Å²) < 4.78 is 366. The number of ether oxygens (including phenoxy) is 17. The molecule has 49 nitrogen and oxygen atoms in total. The minimum absolute atomic E-state index is 0.707. The number of carboxylic acids is 2. The van der Waals surface area contributed by atoms with Crippen LogP contribution in [0.15, 0.2) is 0 Å². The average Bonchev–Trinajstić information content (AvgIpc) is 0.763. The highest BCUT2D eigenvalue weighted by Crippen LogP contribution is 2.41. The van der Waals surface area contributed by atoms with Crippen LogP contribution in [0.25, 0.3) is 0 Å². The molecule has 0 aromatic rings. The van der Waals surface area contributed by atoms with Crippen molar-refractivity contribution >= 4 is 84.7 Å². The Kier molecular flexibility index (Phi) is 29.0. The molecule has 0 unspecified atom stereocenters. The molecule has 5 heterocycles. The first-order valence-corrected chi connectivity index (χ1v) is 34.9. The van der Waals surface area contributed by atoms with E-state index in [1.807, 2.05) is 0 Å². The maximum absolute atomic E-state index is 13.3. The van der Waals surface area contributed by atoms with Gasteiger partial charge in [-0.25, -0.2) is 38.9 Å². The van der Waals surface area contributed by atoms with Gasteiger partial charge in [0.2, 0.25) is 0 Å². The van der Waals surface area contributed by atoms with E-state index in [1.165, 1.54) is 0 Å². The van der Waals surface area contributed by atoms with Crippen molar-refractivity contribution in [2.45, 2.75) is 154 Å². The lowest BCUT2D eigenvalue weighted by molar-refractivity contribution is -0.388. The summed E-state index contributed by atoms with van der Waals surface area (Å²) in [5.41, 5.74) is 0. The zero-order chi connectivity index (χ0) is 71.2. The molecule has 56 heteroatoms. The van der Waals surface area contributed by atoms with E-state index in [2.05, 4.69) is 20.9 Å². The third-order valence-corrected chi connectivity index (χ3v) is 16.8. The van der Waals surface area contributed by atoms with Gasteiger partial charge in [-0.2, -0.15) is 58.9 Å². The molecule has 0 aromatic heterocycles. The summed E-state index contributed by atoms with van der Waals surface area (Å²) in [6, 6.07) is 0. The Balaban J connectivity index is 1.63. The molecule has 5 fully saturated rings. The van der Waals surface area contributed by atoms with Crippen LogP contribution in [0.2, 0.25) is 0 Å². The van der Waals surface area contributed by atoms with Crippen molar-refractivity contribution in [3.05, 3.63) is 0 Å². The van der Waals surface area contributed by atoms with Crippen LogP contribution in [-0.4, -0.2) is 343 Å². The molecule has 552 valence electrons. The fraction of sp³-hybridized carbons (Fsp3) is 0.947. The van der Waals surface area contributed by atoms with Gasteiger partial charge in [0.1, 0.15) is 97.7 Å². The molecule has 5 aliphatic rings. The van der Waals surface area contributed by atoms with Crippen molar-refractivity contribution in [3.63, 3.8) is 0 Å². The van der Waals surface area contributed by atoms with Gasteiger partial charge in [0.15, 0.2) is 55.9 Å². The number of carboxylic acid groups (broad SMARTS) is 2. The lowest BCUT2D eigenvalue weighted by Gasteiger charge is -2.51. The van der Waals surface area contributed by atoms with Crippen LogP contribution < -0.4 is 0 Å². The first kappa shape index (κ1) is 82.0. The van der Waals surface area contributed by atoms with Gasteiger partial charge < -0.3 is 90.7 Å². The maximum atomic E-state index is 13.3. The van der Waals surface area contributed by atoms with Crippen molar-refractivity contribution < 1.29 is 220 Å². The topological polar surface area (TPSA) is 677 Å². The highest BCUT2D eigenvalue weighted by molar-refractivity contribution is 7.82. The summed E-state index contributed by atoms with van der Waals surface area (Å²) >= 11 is 0. The van der Waals surface area contributed by atoms with Crippen LogP contribution in [0.1, 0.15) is 0 Å². The quantitative estimate of drug-likeness (QED) is 0.0266. The fourth-order valence-electron chi connectivity index (χ4n) is 10.2. The SMILES string of the molecule is CO[C@H]1O[C@H](COS(=O)(=O)O)[C@@H](O[C@@H]2O[C@@H](C(=O)O)[C@@H](O[C@H]3O[C@H](COS(=O)(=O)O)[C@@H](O[C@H]4O[C@H](C(=O)O)[C@@H](O[C@H]5O[C@H](COS(=O)(=O)O)[C@@H](OC)[C@H](OC)[C@H]5OC)[C@H](OC)[C@H]4OC)[C@H](OS(=O)(=O)O)[C@H]3OS(=O)(=O)O)[C@H](OC)[C@H]2OC)[C@H](OS(=O)(=O)O)[C@H]1OS(=O)(=O)O. The van der Waals surface area contributed by atoms with E-state index in [0.717, 1.165) is 42.7 Å². The van der Waals surface area contributed by atoms with Gasteiger partial charge in [-0.3, -0.25) is 31.9 Å². The fourth-order valence-corrected chi connectivity index (χ4v) is 13.1. The van der Waals surface area contributed by atoms with Gasteiger partial charge in [-0.1, -0.05) is 0 Å². The van der Waals surface area contributed by atoms with Gasteiger partial charge in [0, 0.05) is 56.9 Å². The minimum atomic E-state index is -6.20. The number of rotatable bonds is 35. The largest absolute Gasteiger partial charge is 0.479 e. The van der Waals surface area contributed by atoms with Crippen molar-refractivity contribution in [1.82, 2.24) is 0 Å². The smallest absolute Gasteiger partial charge is 0.397 e. The van der Waals surface area contributed by atoms with Gasteiger partial charge in [-0.15, -0.1) is 0 Å². The summed E-state index contributed by atoms with van der Waals surface area (Å²) in [5, 5.41) is 21.4. The third kappa shape index (κ3) is 22.7. The molecule has 0 amide bonds. The number of hydrogen-bond acceptors (Lipinski definition) is 40. The van der Waals surface area contributed by atoms with E-state index in [9.17, 15) is 111 Å². The van der Waals surface area contributed by atoms with Gasteiger partial charge in [0.05, 0.1) is 19.8 Å². The van der Waals surface area contributed by atoms with Crippen molar-refractivity contribution in [2.75, 3.05) is 76.7 Å². The molecule has 0 saturated carbocycles. The lowest BCUT2D eigenvalue weighted by atomic mass is 9.94. The zero-order valence-electron chi connectivity index (χ0n) is 48.8. The number of aliphatic carboxylic acids is 2. The number of methoxy groups -OCH3 is 8. The number of carbonyl (C=O) groups is 2.